The van der Waals surface area contributed by atoms with E-state index in [1.807, 2.05) is 45.0 Å². The fraction of sp³-hybridized carbons (Fsp3) is 0.400. The van der Waals surface area contributed by atoms with Crippen molar-refractivity contribution in [3.05, 3.63) is 59.5 Å². The number of nitrogens with one attached hydrogen (secondary N) is 1. The van der Waals surface area contributed by atoms with Crippen LogP contribution in [0.3, 0.4) is 0 Å². The van der Waals surface area contributed by atoms with E-state index in [9.17, 15) is 9.59 Å². The minimum Gasteiger partial charge on any atom is -0.463 e. The molecule has 3 heterocycles. The van der Waals surface area contributed by atoms with E-state index in [2.05, 4.69) is 10.4 Å². The minimum absolute atomic E-state index is 0.140. The third kappa shape index (κ3) is 3.32. The van der Waals surface area contributed by atoms with Gasteiger partial charge in [-0.05, 0) is 57.4 Å². The molecule has 1 atom stereocenters. The second-order valence-electron chi connectivity index (χ2n) is 9.21. The van der Waals surface area contributed by atoms with Crippen LogP contribution in [0.1, 0.15) is 54.2 Å². The third-order valence-electron chi connectivity index (χ3n) is 6.70. The van der Waals surface area contributed by atoms with Crippen LogP contribution in [0.5, 0.6) is 0 Å². The van der Waals surface area contributed by atoms with Gasteiger partial charge in [0, 0.05) is 17.8 Å². The van der Waals surface area contributed by atoms with Gasteiger partial charge in [0.1, 0.15) is 16.9 Å². The first-order chi connectivity index (χ1) is 15.4. The monoisotopic (exact) mass is 432 g/mol. The van der Waals surface area contributed by atoms with Gasteiger partial charge in [-0.2, -0.15) is 5.10 Å². The highest BCUT2D eigenvalue weighted by Gasteiger charge is 2.49. The second kappa shape index (κ2) is 7.65. The predicted molar refractivity (Wildman–Crippen MR) is 121 cm³/mol. The molecule has 3 aromatic rings. The molecule has 0 unspecified atom stereocenters. The number of hydrogen-bond acceptors (Lipinski definition) is 4. The summed E-state index contributed by atoms with van der Waals surface area (Å²) in [6, 6.07) is 11.5. The molecule has 32 heavy (non-hydrogen) atoms. The molecular weight excluding hydrogens is 404 g/mol. The lowest BCUT2D eigenvalue weighted by Crippen LogP contribution is -2.65. The van der Waals surface area contributed by atoms with Crippen molar-refractivity contribution >= 4 is 17.5 Å². The molecule has 1 aromatic carbocycles. The molecule has 2 aromatic heterocycles. The van der Waals surface area contributed by atoms with Gasteiger partial charge in [0.25, 0.3) is 5.91 Å². The van der Waals surface area contributed by atoms with Crippen molar-refractivity contribution < 1.29 is 14.0 Å². The van der Waals surface area contributed by atoms with Crippen molar-refractivity contribution in [2.75, 3.05) is 4.90 Å². The number of carbonyl (C=O) groups is 2. The summed E-state index contributed by atoms with van der Waals surface area (Å²) >= 11 is 0. The third-order valence-corrected chi connectivity index (χ3v) is 6.70. The first-order valence-electron chi connectivity index (χ1n) is 11.2. The Hall–Kier alpha value is -3.35. The highest BCUT2D eigenvalue weighted by molar-refractivity contribution is 6.12. The van der Waals surface area contributed by atoms with Crippen LogP contribution in [0.15, 0.2) is 47.1 Å². The van der Waals surface area contributed by atoms with E-state index in [-0.39, 0.29) is 24.4 Å². The topological polar surface area (TPSA) is 80.4 Å². The Balaban J connectivity index is 1.60. The van der Waals surface area contributed by atoms with E-state index in [4.69, 9.17) is 4.42 Å². The van der Waals surface area contributed by atoms with Crippen molar-refractivity contribution in [2.45, 2.75) is 64.6 Å². The Bertz CT molecular complexity index is 1170. The van der Waals surface area contributed by atoms with Crippen LogP contribution in [-0.4, -0.2) is 33.2 Å². The number of fused-ring (bicyclic) bond motifs is 1. The number of hydrogen-bond donors (Lipinski definition) is 1. The highest BCUT2D eigenvalue weighted by atomic mass is 16.3. The zero-order valence-electron chi connectivity index (χ0n) is 18.7. The zero-order chi connectivity index (χ0) is 22.5. The smallest absolute Gasteiger partial charge is 0.277 e. The molecule has 1 aliphatic carbocycles. The Labute approximate surface area is 187 Å². The van der Waals surface area contributed by atoms with Crippen molar-refractivity contribution in [3.63, 3.8) is 0 Å². The fourth-order valence-corrected chi connectivity index (χ4v) is 4.97. The number of nitrogens with zero attached hydrogens (tertiary/aromatic N) is 3. The summed E-state index contributed by atoms with van der Waals surface area (Å²) in [6.45, 7) is 6.10. The maximum atomic E-state index is 13.8. The molecule has 0 spiro atoms. The van der Waals surface area contributed by atoms with Crippen molar-refractivity contribution in [1.82, 2.24) is 15.1 Å². The predicted octanol–water partition coefficient (Wildman–Crippen LogP) is 4.24. The highest BCUT2D eigenvalue weighted by Crippen LogP contribution is 2.36. The fourth-order valence-electron chi connectivity index (χ4n) is 4.97. The van der Waals surface area contributed by atoms with Gasteiger partial charge >= 0.3 is 0 Å². The van der Waals surface area contributed by atoms with Gasteiger partial charge in [-0.25, -0.2) is 0 Å². The first kappa shape index (κ1) is 20.5. The number of carbonyl (C=O) groups excluding carboxylic acids is 2. The number of aromatic nitrogens is 2. The lowest BCUT2D eigenvalue weighted by Gasteiger charge is -2.44. The summed E-state index contributed by atoms with van der Waals surface area (Å²) in [5.41, 5.74) is 2.73. The number of benzene rings is 1. The lowest BCUT2D eigenvalue weighted by molar-refractivity contribution is -0.127. The first-order valence-corrected chi connectivity index (χ1v) is 11.2. The average molecular weight is 433 g/mol. The van der Waals surface area contributed by atoms with Crippen molar-refractivity contribution in [3.8, 4) is 11.5 Å². The van der Waals surface area contributed by atoms with Gasteiger partial charge in [0.05, 0.1) is 12.8 Å². The Morgan fingerprint density at radius 2 is 1.97 bits per heavy atom. The maximum absolute atomic E-state index is 13.8. The molecule has 0 radical (unpaired) electrons. The molecule has 2 amide bonds. The normalized spacial score (nSPS) is 21.1. The van der Waals surface area contributed by atoms with E-state index in [1.54, 1.807) is 28.0 Å². The number of amides is 2. The van der Waals surface area contributed by atoms with Crippen LogP contribution in [0.4, 0.5) is 5.69 Å². The van der Waals surface area contributed by atoms with E-state index in [0.29, 0.717) is 17.1 Å². The molecule has 1 N–H and O–H groups in total. The van der Waals surface area contributed by atoms with Crippen LogP contribution in [0.25, 0.3) is 11.5 Å². The molecule has 1 aliphatic heterocycles. The summed E-state index contributed by atoms with van der Waals surface area (Å²) in [5.74, 6) is 0.214. The van der Waals surface area contributed by atoms with E-state index >= 15 is 0 Å². The largest absolute Gasteiger partial charge is 0.463 e. The Kier molecular flexibility index (Phi) is 4.92. The number of furan rings is 1. The quantitative estimate of drug-likeness (QED) is 0.669. The molecule has 7 heteroatoms. The van der Waals surface area contributed by atoms with E-state index in [1.165, 1.54) is 0 Å². The Morgan fingerprint density at radius 1 is 1.19 bits per heavy atom. The summed E-state index contributed by atoms with van der Waals surface area (Å²) in [6.07, 6.45) is 5.79. The molecule has 1 fully saturated rings. The molecule has 0 bridgehead atoms. The second-order valence-corrected chi connectivity index (χ2v) is 9.21. The van der Waals surface area contributed by atoms with Gasteiger partial charge in [0.2, 0.25) is 5.91 Å². The molecule has 0 saturated heterocycles. The average Bonchev–Trinajstić information content (AvgIpc) is 3.50. The summed E-state index contributed by atoms with van der Waals surface area (Å²) < 4.78 is 7.13. The molecular formula is C25H28N4O3. The molecule has 5 rings (SSSR count). The van der Waals surface area contributed by atoms with Crippen molar-refractivity contribution in [1.29, 1.82) is 0 Å². The molecule has 166 valence electrons. The van der Waals surface area contributed by atoms with E-state index in [0.717, 1.165) is 42.5 Å². The Morgan fingerprint density at radius 3 is 2.66 bits per heavy atom. The molecule has 2 aliphatic rings. The van der Waals surface area contributed by atoms with Gasteiger partial charge < -0.3 is 9.73 Å². The summed E-state index contributed by atoms with van der Waals surface area (Å²) in [5, 5.41) is 7.83. The van der Waals surface area contributed by atoms with Gasteiger partial charge in [-0.1, -0.05) is 30.5 Å². The summed E-state index contributed by atoms with van der Waals surface area (Å²) in [4.78, 5) is 29.2. The molecule has 1 saturated carbocycles. The molecule has 7 nitrogen and oxygen atoms in total. The van der Waals surface area contributed by atoms with Gasteiger partial charge in [-0.3, -0.25) is 19.2 Å². The zero-order valence-corrected chi connectivity index (χ0v) is 18.7. The number of aryl methyl sites for hydroxylation is 2. The van der Waals surface area contributed by atoms with Crippen LogP contribution >= 0.6 is 0 Å². The SMILES string of the molecule is Cc1ccc(N2C(=O)c3cc(-c4ccco4)nn3C[C@]2(C)C(=O)NC2CCCC2)c(C)c1. The maximum Gasteiger partial charge on any atom is 0.277 e. The minimum atomic E-state index is -1.11. The number of anilines is 1. The van der Waals surface area contributed by atoms with Crippen LogP contribution < -0.4 is 10.2 Å². The lowest BCUT2D eigenvalue weighted by atomic mass is 9.92. The van der Waals surface area contributed by atoms with Gasteiger partial charge in [-0.15, -0.1) is 0 Å². The van der Waals surface area contributed by atoms with Crippen LogP contribution in [0, 0.1) is 13.8 Å². The van der Waals surface area contributed by atoms with Crippen molar-refractivity contribution in [2.24, 2.45) is 0 Å². The number of rotatable bonds is 4. The van der Waals surface area contributed by atoms with E-state index < -0.39 is 5.54 Å². The summed E-state index contributed by atoms with van der Waals surface area (Å²) in [7, 11) is 0. The van der Waals surface area contributed by atoms with Gasteiger partial charge in [0.15, 0.2) is 5.76 Å². The van der Waals surface area contributed by atoms with Crippen LogP contribution in [0.2, 0.25) is 0 Å². The standard InChI is InChI=1S/C25H28N4O3/c1-16-10-11-20(17(2)13-16)29-23(30)21-14-19(22-9-6-12-32-22)27-28(21)15-25(29,3)24(31)26-18-7-4-5-8-18/h6,9-14,18H,4-5,7-8,15H2,1-3H3,(H,26,31)/t25-/m1/s1. The van der Waals surface area contributed by atoms with Crippen LogP contribution in [-0.2, 0) is 11.3 Å².